The summed E-state index contributed by atoms with van der Waals surface area (Å²) in [6.07, 6.45) is 4.43. The molecule has 0 spiro atoms. The molecular weight excluding hydrogens is 268 g/mol. The molecule has 0 bridgehead atoms. The summed E-state index contributed by atoms with van der Waals surface area (Å²) in [5.74, 6) is -0.342. The van der Waals surface area contributed by atoms with Gasteiger partial charge in [0, 0.05) is 19.4 Å². The number of alkyl halides is 1. The quantitative estimate of drug-likeness (QED) is 0.591. The van der Waals surface area contributed by atoms with Crippen molar-refractivity contribution in [2.45, 2.75) is 50.9 Å². The number of hydrogen-bond donors (Lipinski definition) is 0. The van der Waals surface area contributed by atoms with E-state index in [0.29, 0.717) is 6.61 Å². The van der Waals surface area contributed by atoms with Crippen LogP contribution in [0, 0.1) is 0 Å². The molecule has 0 fully saturated rings. The molecule has 0 amide bonds. The second kappa shape index (κ2) is 5.55. The zero-order valence-corrected chi connectivity index (χ0v) is 12.2. The molecule has 19 heavy (non-hydrogen) atoms. The summed E-state index contributed by atoms with van der Waals surface area (Å²) in [7, 11) is 0. The third kappa shape index (κ3) is 3.31. The number of allylic oxidation sites excluding steroid dienone is 2. The standard InChI is InChI=1S/C14H19ClO4/c1-4-17-12(16)8-11-9-6-5-7-10(15)13(9)19-14(2,3)18-11/h5-6,10-11H,4,7-8H2,1-3H3. The summed E-state index contributed by atoms with van der Waals surface area (Å²) in [6, 6.07) is 0. The maximum Gasteiger partial charge on any atom is 0.308 e. The van der Waals surface area contributed by atoms with E-state index in [0.717, 1.165) is 17.8 Å². The molecular formula is C14H19ClO4. The van der Waals surface area contributed by atoms with Gasteiger partial charge in [-0.3, -0.25) is 4.79 Å². The van der Waals surface area contributed by atoms with Crippen LogP contribution in [0.15, 0.2) is 23.5 Å². The third-order valence-electron chi connectivity index (χ3n) is 3.00. The predicted molar refractivity (Wildman–Crippen MR) is 71.7 cm³/mol. The van der Waals surface area contributed by atoms with Crippen LogP contribution >= 0.6 is 11.6 Å². The molecule has 2 unspecified atom stereocenters. The van der Waals surface area contributed by atoms with E-state index in [1.165, 1.54) is 0 Å². The van der Waals surface area contributed by atoms with Crippen LogP contribution in [0.4, 0.5) is 0 Å². The maximum absolute atomic E-state index is 11.7. The fraction of sp³-hybridized carbons (Fsp3) is 0.643. The normalized spacial score (nSPS) is 28.6. The smallest absolute Gasteiger partial charge is 0.308 e. The van der Waals surface area contributed by atoms with Gasteiger partial charge in [-0.05, 0) is 13.3 Å². The van der Waals surface area contributed by atoms with Crippen molar-refractivity contribution in [2.24, 2.45) is 0 Å². The van der Waals surface area contributed by atoms with Crippen molar-refractivity contribution in [2.75, 3.05) is 6.61 Å². The number of esters is 1. The van der Waals surface area contributed by atoms with E-state index >= 15 is 0 Å². The van der Waals surface area contributed by atoms with Crippen LogP contribution in [0.25, 0.3) is 0 Å². The molecule has 4 nitrogen and oxygen atoms in total. The Hall–Kier alpha value is -1.00. The Balaban J connectivity index is 2.23. The molecule has 0 aromatic rings. The third-order valence-corrected chi connectivity index (χ3v) is 3.37. The zero-order chi connectivity index (χ0) is 14.0. The molecule has 0 saturated heterocycles. The van der Waals surface area contributed by atoms with Crippen LogP contribution in [0.5, 0.6) is 0 Å². The van der Waals surface area contributed by atoms with Gasteiger partial charge in [-0.15, -0.1) is 11.6 Å². The van der Waals surface area contributed by atoms with Crippen LogP contribution in [0.3, 0.4) is 0 Å². The highest BCUT2D eigenvalue weighted by atomic mass is 35.5. The molecule has 2 atom stereocenters. The molecule has 0 aromatic carbocycles. The SMILES string of the molecule is CCOC(=O)CC1OC(C)(C)OC2=C1C=CCC2Cl. The number of rotatable bonds is 3. The lowest BCUT2D eigenvalue weighted by atomic mass is 9.96. The minimum absolute atomic E-state index is 0.174. The maximum atomic E-state index is 11.7. The number of carbonyl (C=O) groups is 1. The molecule has 2 aliphatic rings. The summed E-state index contributed by atoms with van der Waals surface area (Å²) in [6.45, 7) is 5.78. The Morgan fingerprint density at radius 2 is 2.32 bits per heavy atom. The van der Waals surface area contributed by atoms with Crippen LogP contribution in [0.2, 0.25) is 0 Å². The van der Waals surface area contributed by atoms with Gasteiger partial charge in [-0.1, -0.05) is 12.2 Å². The van der Waals surface area contributed by atoms with E-state index in [9.17, 15) is 4.79 Å². The van der Waals surface area contributed by atoms with Crippen LogP contribution < -0.4 is 0 Å². The number of carbonyl (C=O) groups excluding carboxylic acids is 1. The lowest BCUT2D eigenvalue weighted by Gasteiger charge is -2.40. The van der Waals surface area contributed by atoms with Gasteiger partial charge in [0.2, 0.25) is 5.79 Å². The zero-order valence-electron chi connectivity index (χ0n) is 11.4. The highest BCUT2D eigenvalue weighted by Gasteiger charge is 2.39. The van der Waals surface area contributed by atoms with Crippen molar-refractivity contribution < 1.29 is 19.0 Å². The van der Waals surface area contributed by atoms with Crippen LogP contribution in [0.1, 0.15) is 33.6 Å². The van der Waals surface area contributed by atoms with Crippen molar-refractivity contribution in [3.05, 3.63) is 23.5 Å². The minimum atomic E-state index is -0.783. The van der Waals surface area contributed by atoms with Crippen LogP contribution in [-0.2, 0) is 19.0 Å². The summed E-state index contributed by atoms with van der Waals surface area (Å²) < 4.78 is 16.6. The van der Waals surface area contributed by atoms with E-state index < -0.39 is 5.79 Å². The molecule has 0 aromatic heterocycles. The molecule has 106 valence electrons. The van der Waals surface area contributed by atoms with Crippen molar-refractivity contribution in [1.29, 1.82) is 0 Å². The summed E-state index contributed by atoms with van der Waals surface area (Å²) in [4.78, 5) is 11.7. The summed E-state index contributed by atoms with van der Waals surface area (Å²) >= 11 is 6.27. The van der Waals surface area contributed by atoms with E-state index in [4.69, 9.17) is 25.8 Å². The lowest BCUT2D eigenvalue weighted by molar-refractivity contribution is -0.229. The van der Waals surface area contributed by atoms with Gasteiger partial charge >= 0.3 is 5.97 Å². The average Bonchev–Trinajstić information content (AvgIpc) is 2.30. The van der Waals surface area contributed by atoms with Crippen molar-refractivity contribution in [3.8, 4) is 0 Å². The minimum Gasteiger partial charge on any atom is -0.466 e. The average molecular weight is 287 g/mol. The second-order valence-electron chi connectivity index (χ2n) is 5.04. The van der Waals surface area contributed by atoms with Crippen molar-refractivity contribution >= 4 is 17.6 Å². The van der Waals surface area contributed by atoms with Gasteiger partial charge in [-0.25, -0.2) is 0 Å². The number of halogens is 1. The lowest BCUT2D eigenvalue weighted by Crippen LogP contribution is -2.42. The highest BCUT2D eigenvalue weighted by Crippen LogP contribution is 2.38. The molecule has 0 N–H and O–H groups in total. The first-order valence-corrected chi connectivity index (χ1v) is 6.93. The van der Waals surface area contributed by atoms with Gasteiger partial charge in [0.15, 0.2) is 0 Å². The summed E-state index contributed by atoms with van der Waals surface area (Å²) in [5, 5.41) is -0.201. The van der Waals surface area contributed by atoms with Gasteiger partial charge in [-0.2, -0.15) is 0 Å². The topological polar surface area (TPSA) is 44.8 Å². The van der Waals surface area contributed by atoms with E-state index in [1.54, 1.807) is 6.92 Å². The fourth-order valence-corrected chi connectivity index (χ4v) is 2.56. The molecule has 1 aliphatic carbocycles. The Kier molecular flexibility index (Phi) is 4.21. The first-order valence-electron chi connectivity index (χ1n) is 6.50. The van der Waals surface area contributed by atoms with E-state index in [-0.39, 0.29) is 23.9 Å². The van der Waals surface area contributed by atoms with Crippen molar-refractivity contribution in [1.82, 2.24) is 0 Å². The Bertz CT molecular complexity index is 425. The first-order chi connectivity index (χ1) is 8.93. The Morgan fingerprint density at radius 3 is 3.00 bits per heavy atom. The number of hydrogen-bond acceptors (Lipinski definition) is 4. The molecule has 1 aliphatic heterocycles. The monoisotopic (exact) mass is 286 g/mol. The van der Waals surface area contributed by atoms with Crippen molar-refractivity contribution in [3.63, 3.8) is 0 Å². The van der Waals surface area contributed by atoms with Gasteiger partial charge < -0.3 is 14.2 Å². The largest absolute Gasteiger partial charge is 0.466 e. The molecule has 1 heterocycles. The van der Waals surface area contributed by atoms with Gasteiger partial charge in [0.05, 0.1) is 18.4 Å². The van der Waals surface area contributed by atoms with Gasteiger partial charge in [0.25, 0.3) is 0 Å². The number of ether oxygens (including phenoxy) is 3. The summed E-state index contributed by atoms with van der Waals surface area (Å²) in [5.41, 5.74) is 0.846. The van der Waals surface area contributed by atoms with E-state index in [2.05, 4.69) is 0 Å². The first kappa shape index (κ1) is 14.4. The Morgan fingerprint density at radius 1 is 1.58 bits per heavy atom. The van der Waals surface area contributed by atoms with Gasteiger partial charge in [0.1, 0.15) is 11.9 Å². The fourth-order valence-electron chi connectivity index (χ4n) is 2.29. The molecule has 0 radical (unpaired) electrons. The van der Waals surface area contributed by atoms with E-state index in [1.807, 2.05) is 26.0 Å². The highest BCUT2D eigenvalue weighted by molar-refractivity contribution is 6.22. The Labute approximate surface area is 118 Å². The van der Waals surface area contributed by atoms with Crippen LogP contribution in [-0.4, -0.2) is 29.8 Å². The predicted octanol–water partition coefficient (Wildman–Crippen LogP) is 2.91. The molecule has 2 rings (SSSR count). The second-order valence-corrected chi connectivity index (χ2v) is 5.57. The molecule has 5 heteroatoms. The molecule has 0 saturated carbocycles.